The molecule has 1 N–H and O–H groups in total. The summed E-state index contributed by atoms with van der Waals surface area (Å²) >= 11 is 3.29. The number of halogens is 2. The van der Waals surface area contributed by atoms with E-state index in [2.05, 4.69) is 15.9 Å². The van der Waals surface area contributed by atoms with Gasteiger partial charge in [-0.3, -0.25) is 10.1 Å². The Bertz CT molecular complexity index is 691. The number of aliphatic hydroxyl groups is 1. The van der Waals surface area contributed by atoms with E-state index in [0.717, 1.165) is 12.1 Å². The lowest BCUT2D eigenvalue weighted by atomic mass is 10.1. The topological polar surface area (TPSA) is 72.6 Å². The molecule has 0 saturated heterocycles. The Labute approximate surface area is 128 Å². The van der Waals surface area contributed by atoms with Crippen molar-refractivity contribution in [1.82, 2.24) is 0 Å². The number of benzene rings is 2. The van der Waals surface area contributed by atoms with Crippen molar-refractivity contribution in [2.24, 2.45) is 0 Å². The largest absolute Gasteiger partial charge is 0.454 e. The third-order valence-electron chi connectivity index (χ3n) is 2.78. The minimum Gasteiger partial charge on any atom is -0.454 e. The summed E-state index contributed by atoms with van der Waals surface area (Å²) in [5.41, 5.74) is 0.331. The Morgan fingerprint density at radius 2 is 2.05 bits per heavy atom. The predicted octanol–water partition coefficient (Wildman–Crippen LogP) is 4.34. The van der Waals surface area contributed by atoms with Crippen molar-refractivity contribution in [2.75, 3.05) is 0 Å². The number of aliphatic hydroxyl groups excluding tert-OH is 1. The van der Waals surface area contributed by atoms with Crippen LogP contribution in [0.2, 0.25) is 0 Å². The highest BCUT2D eigenvalue weighted by molar-refractivity contribution is 9.10. The molecule has 0 aliphatic carbocycles. The molecule has 0 bridgehead atoms. The number of nitro groups is 1. The van der Waals surface area contributed by atoms with Crippen LogP contribution in [0.1, 0.15) is 18.6 Å². The molecule has 0 amide bonds. The molecule has 0 aliphatic heterocycles. The van der Waals surface area contributed by atoms with Crippen LogP contribution in [0.15, 0.2) is 40.9 Å². The molecular formula is C14H11BrFNO4. The van der Waals surface area contributed by atoms with Gasteiger partial charge in [0.25, 0.3) is 5.69 Å². The lowest BCUT2D eigenvalue weighted by molar-refractivity contribution is -0.385. The van der Waals surface area contributed by atoms with Gasteiger partial charge in [-0.15, -0.1) is 0 Å². The van der Waals surface area contributed by atoms with Crippen LogP contribution in [0.5, 0.6) is 11.5 Å². The van der Waals surface area contributed by atoms with Crippen LogP contribution >= 0.6 is 15.9 Å². The first-order chi connectivity index (χ1) is 9.88. The number of nitro benzene ring substituents is 1. The molecule has 0 fully saturated rings. The van der Waals surface area contributed by atoms with E-state index in [1.54, 1.807) is 25.1 Å². The van der Waals surface area contributed by atoms with Gasteiger partial charge in [0.05, 0.1) is 17.1 Å². The Hall–Kier alpha value is -1.99. The molecule has 0 aromatic heterocycles. The first kappa shape index (κ1) is 15.4. The van der Waals surface area contributed by atoms with Gasteiger partial charge in [0.1, 0.15) is 5.75 Å². The van der Waals surface area contributed by atoms with Crippen molar-refractivity contribution in [3.05, 3.63) is 62.4 Å². The summed E-state index contributed by atoms with van der Waals surface area (Å²) in [6.07, 6.45) is -0.649. The second kappa shape index (κ2) is 6.19. The van der Waals surface area contributed by atoms with Crippen LogP contribution in [0.25, 0.3) is 0 Å². The highest BCUT2D eigenvalue weighted by atomic mass is 79.9. The number of non-ortho nitro benzene ring substituents is 1. The van der Waals surface area contributed by atoms with Crippen LogP contribution in [-0.4, -0.2) is 10.0 Å². The molecule has 110 valence electrons. The van der Waals surface area contributed by atoms with Crippen molar-refractivity contribution in [3.8, 4) is 11.5 Å². The molecule has 1 atom stereocenters. The molecule has 21 heavy (non-hydrogen) atoms. The van der Waals surface area contributed by atoms with E-state index in [1.807, 2.05) is 0 Å². The number of nitrogens with zero attached hydrogens (tertiary/aromatic N) is 1. The van der Waals surface area contributed by atoms with E-state index in [4.69, 9.17) is 4.74 Å². The van der Waals surface area contributed by atoms with E-state index in [9.17, 15) is 19.6 Å². The van der Waals surface area contributed by atoms with Gasteiger partial charge in [-0.05, 0) is 30.7 Å². The zero-order valence-electron chi connectivity index (χ0n) is 10.9. The third-order valence-corrected chi connectivity index (χ3v) is 3.46. The fourth-order valence-corrected chi connectivity index (χ4v) is 2.41. The Morgan fingerprint density at radius 3 is 2.57 bits per heavy atom. The van der Waals surface area contributed by atoms with Gasteiger partial charge < -0.3 is 9.84 Å². The van der Waals surface area contributed by atoms with Crippen LogP contribution in [0, 0.1) is 15.9 Å². The number of hydrogen-bond donors (Lipinski definition) is 1. The Morgan fingerprint density at radius 1 is 1.33 bits per heavy atom. The van der Waals surface area contributed by atoms with E-state index < -0.39 is 16.8 Å². The summed E-state index contributed by atoms with van der Waals surface area (Å²) < 4.78 is 19.7. The summed E-state index contributed by atoms with van der Waals surface area (Å²) in [6, 6.07) is 7.97. The molecule has 7 heteroatoms. The second-order valence-electron chi connectivity index (χ2n) is 4.33. The van der Waals surface area contributed by atoms with Gasteiger partial charge in [-0.2, -0.15) is 0 Å². The van der Waals surface area contributed by atoms with E-state index in [1.165, 1.54) is 6.07 Å². The first-order valence-electron chi connectivity index (χ1n) is 5.98. The zero-order valence-corrected chi connectivity index (χ0v) is 12.5. The molecular weight excluding hydrogens is 345 g/mol. The van der Waals surface area contributed by atoms with Crippen molar-refractivity contribution in [3.63, 3.8) is 0 Å². The number of rotatable bonds is 4. The first-order valence-corrected chi connectivity index (χ1v) is 6.77. The van der Waals surface area contributed by atoms with Crippen LogP contribution in [0.3, 0.4) is 0 Å². The molecule has 2 aromatic rings. The maximum Gasteiger partial charge on any atom is 0.272 e. The Kier molecular flexibility index (Phi) is 4.54. The number of ether oxygens (including phenoxy) is 1. The van der Waals surface area contributed by atoms with Crippen molar-refractivity contribution >= 4 is 21.6 Å². The van der Waals surface area contributed by atoms with Gasteiger partial charge >= 0.3 is 0 Å². The molecule has 0 spiro atoms. The quantitative estimate of drug-likeness (QED) is 0.653. The minimum absolute atomic E-state index is 0.114. The molecule has 0 unspecified atom stereocenters. The van der Waals surface area contributed by atoms with Crippen molar-refractivity contribution in [1.29, 1.82) is 0 Å². The molecule has 0 heterocycles. The van der Waals surface area contributed by atoms with Crippen LogP contribution < -0.4 is 4.74 Å². The average molecular weight is 356 g/mol. The standard InChI is InChI=1S/C14H11BrFNO4/c1-8(18)11-4-3-10(7-12(11)15)21-14-5-2-9(17(19)20)6-13(14)16/h2-8,18H,1H3/t8-/m1/s1. The third kappa shape index (κ3) is 3.56. The second-order valence-corrected chi connectivity index (χ2v) is 5.19. The highest BCUT2D eigenvalue weighted by Gasteiger charge is 2.13. The predicted molar refractivity (Wildman–Crippen MR) is 77.9 cm³/mol. The van der Waals surface area contributed by atoms with Gasteiger partial charge in [0, 0.05) is 10.5 Å². The molecule has 5 nitrogen and oxygen atoms in total. The fraction of sp³-hybridized carbons (Fsp3) is 0.143. The molecule has 0 aliphatic rings. The summed E-state index contributed by atoms with van der Waals surface area (Å²) in [5, 5.41) is 20.1. The van der Waals surface area contributed by atoms with E-state index in [0.29, 0.717) is 15.8 Å². The van der Waals surface area contributed by atoms with E-state index >= 15 is 0 Å². The lowest BCUT2D eigenvalue weighted by Crippen LogP contribution is -1.95. The van der Waals surface area contributed by atoms with Crippen LogP contribution in [-0.2, 0) is 0 Å². The Balaban J connectivity index is 2.26. The summed E-state index contributed by atoms with van der Waals surface area (Å²) in [6.45, 7) is 1.62. The summed E-state index contributed by atoms with van der Waals surface area (Å²) in [5.74, 6) is -0.587. The minimum atomic E-state index is -0.820. The molecule has 2 rings (SSSR count). The average Bonchev–Trinajstić information content (AvgIpc) is 2.40. The number of hydrogen-bond acceptors (Lipinski definition) is 4. The lowest BCUT2D eigenvalue weighted by Gasteiger charge is -2.11. The van der Waals surface area contributed by atoms with Gasteiger partial charge in [0.2, 0.25) is 0 Å². The molecule has 2 aromatic carbocycles. The smallest absolute Gasteiger partial charge is 0.272 e. The summed E-state index contributed by atoms with van der Waals surface area (Å²) in [4.78, 5) is 9.86. The van der Waals surface area contributed by atoms with Gasteiger partial charge in [-0.25, -0.2) is 4.39 Å². The normalized spacial score (nSPS) is 12.0. The SMILES string of the molecule is C[C@@H](O)c1ccc(Oc2ccc([N+](=O)[O-])cc2F)cc1Br. The van der Waals surface area contributed by atoms with Crippen molar-refractivity contribution in [2.45, 2.75) is 13.0 Å². The van der Waals surface area contributed by atoms with E-state index in [-0.39, 0.29) is 11.4 Å². The maximum atomic E-state index is 13.7. The van der Waals surface area contributed by atoms with Gasteiger partial charge in [-0.1, -0.05) is 22.0 Å². The fourth-order valence-electron chi connectivity index (χ4n) is 1.72. The molecule has 0 radical (unpaired) electrons. The highest BCUT2D eigenvalue weighted by Crippen LogP contribution is 2.32. The monoisotopic (exact) mass is 355 g/mol. The van der Waals surface area contributed by atoms with Crippen molar-refractivity contribution < 1.29 is 19.2 Å². The summed E-state index contributed by atoms with van der Waals surface area (Å²) in [7, 11) is 0. The molecule has 0 saturated carbocycles. The maximum absolute atomic E-state index is 13.7. The van der Waals surface area contributed by atoms with Crippen LogP contribution in [0.4, 0.5) is 10.1 Å². The van der Waals surface area contributed by atoms with Gasteiger partial charge in [0.15, 0.2) is 11.6 Å². The zero-order chi connectivity index (χ0) is 15.6.